The summed E-state index contributed by atoms with van der Waals surface area (Å²) in [5, 5.41) is 24.0. The van der Waals surface area contributed by atoms with Crippen LogP contribution in [0.1, 0.15) is 329 Å². The summed E-state index contributed by atoms with van der Waals surface area (Å²) >= 11 is 0. The molecule has 0 saturated heterocycles. The molecule has 0 rings (SSSR count). The standard InChI is InChI=1S/C65H121NO5/c1-4-7-10-13-16-19-22-25-28-31-32-34-37-40-43-46-49-52-55-58-65(70)71-61(56-53-50-47-44-41-38-35-30-27-24-21-18-15-12-9-6-3)59-64(69)66-62(60-67)63(68)57-54-51-48-45-42-39-36-33-29-26-23-20-17-14-11-8-5-2/h18,21,24,27,30,35,38,41,61-63,67-68H,4-17,19-20,22-23,25-26,28-29,31-34,36-37,39-40,42-60H2,1-3H3,(H,66,69)/b21-18+,27-24+,35-30+,41-38+. The van der Waals surface area contributed by atoms with Crippen LogP contribution in [0.15, 0.2) is 48.6 Å². The van der Waals surface area contributed by atoms with Crippen molar-refractivity contribution in [1.82, 2.24) is 5.32 Å². The quantitative estimate of drug-likeness (QED) is 0.0321. The first kappa shape index (κ1) is 68.8. The van der Waals surface area contributed by atoms with Crippen molar-refractivity contribution in [3.05, 3.63) is 48.6 Å². The van der Waals surface area contributed by atoms with Gasteiger partial charge in [0, 0.05) is 6.42 Å². The van der Waals surface area contributed by atoms with Crippen molar-refractivity contribution in [2.45, 2.75) is 347 Å². The highest BCUT2D eigenvalue weighted by molar-refractivity contribution is 5.77. The number of rotatable bonds is 57. The fourth-order valence-electron chi connectivity index (χ4n) is 9.74. The van der Waals surface area contributed by atoms with Crippen molar-refractivity contribution in [2.24, 2.45) is 0 Å². The molecule has 1 amide bonds. The van der Waals surface area contributed by atoms with Gasteiger partial charge in [0.05, 0.1) is 25.2 Å². The van der Waals surface area contributed by atoms with Gasteiger partial charge in [-0.3, -0.25) is 9.59 Å². The Morgan fingerprint density at radius 3 is 1.11 bits per heavy atom. The van der Waals surface area contributed by atoms with E-state index in [1.165, 1.54) is 212 Å². The first-order valence-electron chi connectivity index (χ1n) is 31.4. The summed E-state index contributed by atoms with van der Waals surface area (Å²) in [5.74, 6) is -0.495. The molecule has 0 aliphatic carbocycles. The lowest BCUT2D eigenvalue weighted by Crippen LogP contribution is -2.46. The van der Waals surface area contributed by atoms with Gasteiger partial charge in [-0.25, -0.2) is 0 Å². The first-order valence-corrected chi connectivity index (χ1v) is 31.4. The maximum Gasteiger partial charge on any atom is 0.306 e. The number of esters is 1. The fourth-order valence-corrected chi connectivity index (χ4v) is 9.74. The molecular formula is C65H121NO5. The van der Waals surface area contributed by atoms with Crippen molar-refractivity contribution in [3.63, 3.8) is 0 Å². The minimum atomic E-state index is -0.799. The number of carbonyl (C=O) groups excluding carboxylic acids is 2. The minimum absolute atomic E-state index is 0.0550. The Morgan fingerprint density at radius 1 is 0.408 bits per heavy atom. The van der Waals surface area contributed by atoms with Crippen molar-refractivity contribution in [3.8, 4) is 0 Å². The van der Waals surface area contributed by atoms with E-state index in [1.807, 2.05) is 0 Å². The maximum absolute atomic E-state index is 13.3. The van der Waals surface area contributed by atoms with Crippen LogP contribution in [0.2, 0.25) is 0 Å². The number of carbonyl (C=O) groups is 2. The van der Waals surface area contributed by atoms with Crippen LogP contribution >= 0.6 is 0 Å². The predicted molar refractivity (Wildman–Crippen MR) is 310 cm³/mol. The number of aliphatic hydroxyl groups is 2. The average molecular weight is 997 g/mol. The summed E-state index contributed by atoms with van der Waals surface area (Å²) in [6.07, 6.45) is 73.3. The van der Waals surface area contributed by atoms with E-state index in [4.69, 9.17) is 4.74 Å². The average Bonchev–Trinajstić information content (AvgIpc) is 3.36. The van der Waals surface area contributed by atoms with Gasteiger partial charge < -0.3 is 20.3 Å². The molecule has 3 atom stereocenters. The van der Waals surface area contributed by atoms with E-state index >= 15 is 0 Å². The van der Waals surface area contributed by atoms with Crippen LogP contribution in [-0.2, 0) is 14.3 Å². The van der Waals surface area contributed by atoms with Crippen molar-refractivity contribution in [1.29, 1.82) is 0 Å². The highest BCUT2D eigenvalue weighted by Crippen LogP contribution is 2.19. The van der Waals surface area contributed by atoms with E-state index in [0.717, 1.165) is 70.6 Å². The molecule has 0 aliphatic rings. The Morgan fingerprint density at radius 2 is 0.718 bits per heavy atom. The Hall–Kier alpha value is -2.18. The number of amides is 1. The largest absolute Gasteiger partial charge is 0.462 e. The molecule has 0 aromatic heterocycles. The van der Waals surface area contributed by atoms with Gasteiger partial charge in [-0.1, -0.05) is 313 Å². The molecule has 3 N–H and O–H groups in total. The van der Waals surface area contributed by atoms with E-state index < -0.39 is 18.2 Å². The number of unbranched alkanes of at least 4 members (excludes halogenated alkanes) is 40. The molecular weight excluding hydrogens is 875 g/mol. The van der Waals surface area contributed by atoms with Crippen LogP contribution in [-0.4, -0.2) is 46.9 Å². The van der Waals surface area contributed by atoms with Crippen molar-refractivity contribution < 1.29 is 24.5 Å². The molecule has 0 aromatic rings. The van der Waals surface area contributed by atoms with Gasteiger partial charge >= 0.3 is 5.97 Å². The molecule has 0 aromatic carbocycles. The van der Waals surface area contributed by atoms with Crippen LogP contribution in [0.4, 0.5) is 0 Å². The zero-order valence-corrected chi connectivity index (χ0v) is 47.6. The number of allylic oxidation sites excluding steroid dienone is 8. The lowest BCUT2D eigenvalue weighted by atomic mass is 10.0. The van der Waals surface area contributed by atoms with Gasteiger partial charge in [0.1, 0.15) is 6.10 Å². The molecule has 0 saturated carbocycles. The zero-order valence-electron chi connectivity index (χ0n) is 47.6. The lowest BCUT2D eigenvalue weighted by molar-refractivity contribution is -0.151. The van der Waals surface area contributed by atoms with E-state index in [2.05, 4.69) is 74.7 Å². The molecule has 0 aliphatic heterocycles. The Bertz CT molecular complexity index is 1210. The number of hydrogen-bond donors (Lipinski definition) is 3. The monoisotopic (exact) mass is 996 g/mol. The van der Waals surface area contributed by atoms with Crippen LogP contribution in [0, 0.1) is 0 Å². The Kier molecular flexibility index (Phi) is 56.9. The Balaban J connectivity index is 4.55. The smallest absolute Gasteiger partial charge is 0.306 e. The van der Waals surface area contributed by atoms with Crippen molar-refractivity contribution in [2.75, 3.05) is 6.61 Å². The zero-order chi connectivity index (χ0) is 51.6. The maximum atomic E-state index is 13.3. The third-order valence-electron chi connectivity index (χ3n) is 14.5. The van der Waals surface area contributed by atoms with E-state index in [-0.39, 0.29) is 24.9 Å². The number of hydrogen-bond acceptors (Lipinski definition) is 5. The molecule has 71 heavy (non-hydrogen) atoms. The van der Waals surface area contributed by atoms with E-state index in [1.54, 1.807) is 0 Å². The molecule has 416 valence electrons. The van der Waals surface area contributed by atoms with Gasteiger partial charge in [0.25, 0.3) is 0 Å². The number of nitrogens with one attached hydrogen (secondary N) is 1. The predicted octanol–water partition coefficient (Wildman–Crippen LogP) is 19.7. The van der Waals surface area contributed by atoms with Crippen LogP contribution in [0.25, 0.3) is 0 Å². The topological polar surface area (TPSA) is 95.9 Å². The third kappa shape index (κ3) is 53.9. The summed E-state index contributed by atoms with van der Waals surface area (Å²) in [7, 11) is 0. The number of aliphatic hydroxyl groups excluding tert-OH is 2. The summed E-state index contributed by atoms with van der Waals surface area (Å²) in [5.41, 5.74) is 0. The van der Waals surface area contributed by atoms with Crippen LogP contribution in [0.5, 0.6) is 0 Å². The van der Waals surface area contributed by atoms with Gasteiger partial charge in [-0.2, -0.15) is 0 Å². The van der Waals surface area contributed by atoms with Gasteiger partial charge in [0.2, 0.25) is 5.91 Å². The highest BCUT2D eigenvalue weighted by atomic mass is 16.5. The van der Waals surface area contributed by atoms with E-state index in [0.29, 0.717) is 19.3 Å². The number of ether oxygens (including phenoxy) is 1. The highest BCUT2D eigenvalue weighted by Gasteiger charge is 2.24. The molecule has 0 fully saturated rings. The second-order valence-corrected chi connectivity index (χ2v) is 21.6. The summed E-state index contributed by atoms with van der Waals surface area (Å²) in [6.45, 7) is 6.48. The van der Waals surface area contributed by atoms with E-state index in [9.17, 15) is 19.8 Å². The lowest BCUT2D eigenvalue weighted by Gasteiger charge is -2.24. The molecule has 3 unspecified atom stereocenters. The minimum Gasteiger partial charge on any atom is -0.462 e. The second kappa shape index (κ2) is 58.7. The fraction of sp³-hybridized carbons (Fsp3) is 0.846. The van der Waals surface area contributed by atoms with Gasteiger partial charge in [-0.15, -0.1) is 0 Å². The van der Waals surface area contributed by atoms with Gasteiger partial charge in [-0.05, 0) is 51.4 Å². The third-order valence-corrected chi connectivity index (χ3v) is 14.5. The first-order chi connectivity index (χ1) is 35.0. The molecule has 0 bridgehead atoms. The molecule has 6 heteroatoms. The van der Waals surface area contributed by atoms with Gasteiger partial charge in [0.15, 0.2) is 0 Å². The van der Waals surface area contributed by atoms with Crippen LogP contribution in [0.3, 0.4) is 0 Å². The van der Waals surface area contributed by atoms with Crippen LogP contribution < -0.4 is 5.32 Å². The summed E-state index contributed by atoms with van der Waals surface area (Å²) in [4.78, 5) is 26.4. The summed E-state index contributed by atoms with van der Waals surface area (Å²) in [6, 6.07) is -0.715. The second-order valence-electron chi connectivity index (χ2n) is 21.6. The molecule has 0 spiro atoms. The molecule has 0 radical (unpaired) electrons. The molecule has 6 nitrogen and oxygen atoms in total. The Labute approximate surface area is 442 Å². The van der Waals surface area contributed by atoms with Crippen molar-refractivity contribution >= 4 is 11.9 Å². The molecule has 0 heterocycles. The normalized spacial score (nSPS) is 13.4. The SMILES string of the molecule is CCCCC/C=C/C=C/C=C/C=C/CCCCCC(CC(=O)NC(CO)C(O)CCCCCCCCCCCCCCCCCCC)OC(=O)CCCCCCCCCCCCCCCCCCCCC. The summed E-state index contributed by atoms with van der Waals surface area (Å²) < 4.78 is 5.97.